The number of nitrogens with zero attached hydrogens (tertiary/aromatic N) is 2. The summed E-state index contributed by atoms with van der Waals surface area (Å²) in [5.41, 5.74) is 7.86. The molecule has 0 radical (unpaired) electrons. The second-order valence-corrected chi connectivity index (χ2v) is 5.27. The number of thiocarbonyl (C=S) groups is 1. The molecule has 0 unspecified atom stereocenters. The van der Waals surface area contributed by atoms with Gasteiger partial charge in [-0.1, -0.05) is 31.5 Å². The van der Waals surface area contributed by atoms with Crippen molar-refractivity contribution in [2.75, 3.05) is 11.4 Å². The van der Waals surface area contributed by atoms with Gasteiger partial charge >= 0.3 is 0 Å². The third kappa shape index (κ3) is 2.80. The molecule has 18 heavy (non-hydrogen) atoms. The maximum atomic E-state index is 5.81. The van der Waals surface area contributed by atoms with E-state index >= 15 is 0 Å². The lowest BCUT2D eigenvalue weighted by molar-refractivity contribution is 0.418. The van der Waals surface area contributed by atoms with Gasteiger partial charge in [0.25, 0.3) is 0 Å². The number of hydrogen-bond acceptors (Lipinski definition) is 3. The first-order chi connectivity index (χ1) is 8.74. The molecule has 1 aromatic heterocycles. The lowest BCUT2D eigenvalue weighted by Crippen LogP contribution is -2.38. The van der Waals surface area contributed by atoms with Gasteiger partial charge in [-0.2, -0.15) is 0 Å². The van der Waals surface area contributed by atoms with Crippen LogP contribution in [0.15, 0.2) is 18.5 Å². The zero-order valence-electron chi connectivity index (χ0n) is 10.9. The highest BCUT2D eigenvalue weighted by Gasteiger charge is 2.22. The molecule has 1 fully saturated rings. The van der Waals surface area contributed by atoms with Crippen molar-refractivity contribution in [2.45, 2.75) is 45.1 Å². The fourth-order valence-electron chi connectivity index (χ4n) is 2.84. The molecule has 3 nitrogen and oxygen atoms in total. The molecule has 0 aliphatic heterocycles. The molecule has 2 N–H and O–H groups in total. The molecular formula is C14H21N3S. The van der Waals surface area contributed by atoms with Gasteiger partial charge in [0.1, 0.15) is 4.99 Å². The largest absolute Gasteiger partial charge is 0.389 e. The highest BCUT2D eigenvalue weighted by Crippen LogP contribution is 2.28. The van der Waals surface area contributed by atoms with E-state index in [2.05, 4.69) is 16.8 Å². The summed E-state index contributed by atoms with van der Waals surface area (Å²) < 4.78 is 0. The van der Waals surface area contributed by atoms with E-state index in [1.54, 1.807) is 6.20 Å². The fraction of sp³-hybridized carbons (Fsp3) is 0.571. The summed E-state index contributed by atoms with van der Waals surface area (Å²) in [6, 6.07) is 2.53. The summed E-state index contributed by atoms with van der Waals surface area (Å²) >= 11 is 5.14. The Hall–Kier alpha value is -1.16. The van der Waals surface area contributed by atoms with Crippen LogP contribution in [0.5, 0.6) is 0 Å². The van der Waals surface area contributed by atoms with Crippen molar-refractivity contribution in [3.05, 3.63) is 24.0 Å². The molecule has 0 bridgehead atoms. The summed E-state index contributed by atoms with van der Waals surface area (Å²) in [7, 11) is 0. The van der Waals surface area contributed by atoms with E-state index < -0.39 is 0 Å². The van der Waals surface area contributed by atoms with Crippen molar-refractivity contribution in [2.24, 2.45) is 5.73 Å². The average molecular weight is 263 g/mol. The van der Waals surface area contributed by atoms with Crippen LogP contribution in [0.3, 0.4) is 0 Å². The molecule has 1 heterocycles. The van der Waals surface area contributed by atoms with E-state index in [-0.39, 0.29) is 0 Å². The minimum absolute atomic E-state index is 0.460. The van der Waals surface area contributed by atoms with Gasteiger partial charge in [0.15, 0.2) is 0 Å². The molecule has 0 saturated heterocycles. The summed E-state index contributed by atoms with van der Waals surface area (Å²) in [6.07, 6.45) is 10.2. The molecule has 1 aromatic rings. The Bertz CT molecular complexity index is 413. The Morgan fingerprint density at radius 2 is 2.17 bits per heavy atom. The number of aromatic nitrogens is 1. The van der Waals surface area contributed by atoms with Crippen LogP contribution in [-0.2, 0) is 0 Å². The zero-order valence-corrected chi connectivity index (χ0v) is 11.7. The van der Waals surface area contributed by atoms with Gasteiger partial charge in [-0.25, -0.2) is 0 Å². The number of hydrogen-bond donors (Lipinski definition) is 1. The Balaban J connectivity index is 2.28. The SMILES string of the molecule is CCN(c1cnccc1C(N)=S)C1CCCCC1. The zero-order chi connectivity index (χ0) is 13.0. The van der Waals surface area contributed by atoms with Crippen LogP contribution >= 0.6 is 12.2 Å². The number of anilines is 1. The van der Waals surface area contributed by atoms with Crippen molar-refractivity contribution in [3.8, 4) is 0 Å². The molecule has 0 spiro atoms. The van der Waals surface area contributed by atoms with Crippen molar-refractivity contribution in [3.63, 3.8) is 0 Å². The Labute approximate surface area is 114 Å². The van der Waals surface area contributed by atoms with E-state index in [1.165, 1.54) is 32.1 Å². The van der Waals surface area contributed by atoms with Crippen molar-refractivity contribution < 1.29 is 0 Å². The molecule has 1 aliphatic carbocycles. The Morgan fingerprint density at radius 3 is 2.78 bits per heavy atom. The highest BCUT2D eigenvalue weighted by molar-refractivity contribution is 7.80. The van der Waals surface area contributed by atoms with E-state index in [4.69, 9.17) is 18.0 Å². The Kier molecular flexibility index (Phi) is 4.53. The van der Waals surface area contributed by atoms with Gasteiger partial charge in [0.05, 0.1) is 11.9 Å². The summed E-state index contributed by atoms with van der Waals surface area (Å²) in [4.78, 5) is 7.11. The summed E-state index contributed by atoms with van der Waals surface area (Å²) in [5, 5.41) is 0. The summed E-state index contributed by atoms with van der Waals surface area (Å²) in [6.45, 7) is 3.16. The normalized spacial score (nSPS) is 16.5. The third-order valence-electron chi connectivity index (χ3n) is 3.73. The van der Waals surface area contributed by atoms with Gasteiger partial charge in [0, 0.05) is 24.3 Å². The molecule has 1 aliphatic rings. The maximum Gasteiger partial charge on any atom is 0.106 e. The van der Waals surface area contributed by atoms with E-state index in [0.29, 0.717) is 11.0 Å². The van der Waals surface area contributed by atoms with Crippen LogP contribution in [0, 0.1) is 0 Å². The number of nitrogens with two attached hydrogens (primary N) is 1. The smallest absolute Gasteiger partial charge is 0.106 e. The number of rotatable bonds is 4. The molecule has 0 amide bonds. The van der Waals surface area contributed by atoms with Crippen LogP contribution in [0.2, 0.25) is 0 Å². The second kappa shape index (κ2) is 6.14. The van der Waals surface area contributed by atoms with Crippen LogP contribution in [0.4, 0.5) is 5.69 Å². The monoisotopic (exact) mass is 263 g/mol. The standard InChI is InChI=1S/C14H21N3S/c1-2-17(11-6-4-3-5-7-11)13-10-16-9-8-12(13)14(15)18/h8-11H,2-7H2,1H3,(H2,15,18). The molecule has 4 heteroatoms. The van der Waals surface area contributed by atoms with Crippen LogP contribution < -0.4 is 10.6 Å². The lowest BCUT2D eigenvalue weighted by Gasteiger charge is -2.36. The molecule has 98 valence electrons. The van der Waals surface area contributed by atoms with Crippen molar-refractivity contribution in [1.29, 1.82) is 0 Å². The van der Waals surface area contributed by atoms with Gasteiger partial charge in [0.2, 0.25) is 0 Å². The molecule has 1 saturated carbocycles. The first-order valence-electron chi connectivity index (χ1n) is 6.74. The number of pyridine rings is 1. The minimum Gasteiger partial charge on any atom is -0.389 e. The van der Waals surface area contributed by atoms with Gasteiger partial charge in [-0.05, 0) is 25.8 Å². The van der Waals surface area contributed by atoms with Crippen molar-refractivity contribution in [1.82, 2.24) is 4.98 Å². The predicted molar refractivity (Wildman–Crippen MR) is 80.0 cm³/mol. The Morgan fingerprint density at radius 1 is 1.44 bits per heavy atom. The molecule has 0 aromatic carbocycles. The van der Waals surface area contributed by atoms with E-state index in [1.807, 2.05) is 12.3 Å². The lowest BCUT2D eigenvalue weighted by atomic mass is 9.93. The van der Waals surface area contributed by atoms with E-state index in [9.17, 15) is 0 Å². The highest BCUT2D eigenvalue weighted by atomic mass is 32.1. The topological polar surface area (TPSA) is 42.2 Å². The molecule has 0 atom stereocenters. The van der Waals surface area contributed by atoms with Crippen LogP contribution in [0.25, 0.3) is 0 Å². The maximum absolute atomic E-state index is 5.81. The van der Waals surface area contributed by atoms with Crippen LogP contribution in [-0.4, -0.2) is 22.6 Å². The molecule has 2 rings (SSSR count). The van der Waals surface area contributed by atoms with Crippen LogP contribution in [0.1, 0.15) is 44.6 Å². The van der Waals surface area contributed by atoms with Crippen molar-refractivity contribution >= 4 is 22.9 Å². The first-order valence-corrected chi connectivity index (χ1v) is 7.15. The van der Waals surface area contributed by atoms with E-state index in [0.717, 1.165) is 17.8 Å². The molecular weight excluding hydrogens is 242 g/mol. The minimum atomic E-state index is 0.460. The summed E-state index contributed by atoms with van der Waals surface area (Å²) in [5.74, 6) is 0. The second-order valence-electron chi connectivity index (χ2n) is 4.83. The van der Waals surface area contributed by atoms with Gasteiger partial charge in [-0.15, -0.1) is 0 Å². The average Bonchev–Trinajstić information content (AvgIpc) is 2.41. The predicted octanol–water partition coefficient (Wildman–Crippen LogP) is 2.87. The third-order valence-corrected chi connectivity index (χ3v) is 3.95. The first kappa shape index (κ1) is 13.3. The quantitative estimate of drug-likeness (QED) is 0.848. The fourth-order valence-corrected chi connectivity index (χ4v) is 3.01. The van der Waals surface area contributed by atoms with Gasteiger partial charge < -0.3 is 10.6 Å². The van der Waals surface area contributed by atoms with Gasteiger partial charge in [-0.3, -0.25) is 4.98 Å².